The maximum Gasteiger partial charge on any atom is 0.315 e. The largest absolute Gasteiger partial charge is 0.336 e. The van der Waals surface area contributed by atoms with Crippen molar-refractivity contribution in [3.05, 3.63) is 54.1 Å². The van der Waals surface area contributed by atoms with Crippen LogP contribution < -0.4 is 10.6 Å². The normalized spacial score (nSPS) is 20.6. The van der Waals surface area contributed by atoms with E-state index in [0.717, 1.165) is 19.0 Å². The molecule has 2 amide bonds. The second-order valence-electron chi connectivity index (χ2n) is 6.19. The summed E-state index contributed by atoms with van der Waals surface area (Å²) in [5.41, 5.74) is 0.655. The molecule has 1 aliphatic rings. The molecular weight excluding hydrogens is 328 g/mol. The van der Waals surface area contributed by atoms with Crippen LogP contribution >= 0.6 is 0 Å². The summed E-state index contributed by atoms with van der Waals surface area (Å²) in [6.45, 7) is 1.87. The first kappa shape index (κ1) is 17.3. The fraction of sp³-hybridized carbons (Fsp3) is 0.412. The Morgan fingerprint density at radius 1 is 1.36 bits per heavy atom. The number of amides is 2. The van der Waals surface area contributed by atoms with Gasteiger partial charge < -0.3 is 15.2 Å². The van der Waals surface area contributed by atoms with Gasteiger partial charge in [-0.1, -0.05) is 6.07 Å². The highest BCUT2D eigenvalue weighted by Gasteiger charge is 2.34. The topological polar surface area (TPSA) is 62.2 Å². The molecule has 0 radical (unpaired) electrons. The molecule has 2 aromatic rings. The van der Waals surface area contributed by atoms with Crippen molar-refractivity contribution < 1.29 is 13.6 Å². The molecule has 6 nitrogen and oxygen atoms in total. The molecule has 0 saturated carbocycles. The monoisotopic (exact) mass is 349 g/mol. The van der Waals surface area contributed by atoms with E-state index in [1.54, 1.807) is 18.6 Å². The van der Waals surface area contributed by atoms with Crippen molar-refractivity contribution in [1.29, 1.82) is 0 Å². The van der Waals surface area contributed by atoms with Crippen molar-refractivity contribution >= 4 is 6.03 Å². The van der Waals surface area contributed by atoms with Gasteiger partial charge in [-0.2, -0.15) is 0 Å². The van der Waals surface area contributed by atoms with E-state index in [2.05, 4.69) is 15.6 Å². The average Bonchev–Trinajstić information content (AvgIpc) is 3.21. The quantitative estimate of drug-likeness (QED) is 0.867. The lowest BCUT2D eigenvalue weighted by atomic mass is 10.00. The van der Waals surface area contributed by atoms with E-state index in [9.17, 15) is 13.6 Å². The molecule has 1 saturated heterocycles. The molecule has 0 spiro atoms. The number of benzene rings is 1. The molecule has 3 rings (SSSR count). The molecule has 1 fully saturated rings. The molecule has 8 heteroatoms. The van der Waals surface area contributed by atoms with Crippen molar-refractivity contribution in [3.8, 4) is 0 Å². The van der Waals surface area contributed by atoms with Crippen LogP contribution in [0.15, 0.2) is 36.9 Å². The molecule has 1 aliphatic heterocycles. The van der Waals surface area contributed by atoms with E-state index in [-0.39, 0.29) is 18.1 Å². The lowest BCUT2D eigenvalue weighted by molar-refractivity contribution is 0.229. The number of halogens is 2. The summed E-state index contributed by atoms with van der Waals surface area (Å²) in [4.78, 5) is 18.1. The molecule has 0 aliphatic carbocycles. The third-order valence-corrected chi connectivity index (χ3v) is 4.47. The summed E-state index contributed by atoms with van der Waals surface area (Å²) in [6.07, 6.45) is 5.94. The smallest absolute Gasteiger partial charge is 0.315 e. The molecular formula is C17H21F2N5O. The fourth-order valence-corrected chi connectivity index (χ4v) is 3.22. The number of nitrogens with one attached hydrogen (secondary N) is 2. The number of carbonyl (C=O) groups excluding carboxylic acids is 1. The first-order valence-electron chi connectivity index (χ1n) is 8.20. The Hall–Kier alpha value is -2.48. The van der Waals surface area contributed by atoms with Gasteiger partial charge in [0.15, 0.2) is 11.6 Å². The molecule has 25 heavy (non-hydrogen) atoms. The Kier molecular flexibility index (Phi) is 5.28. The first-order valence-corrected chi connectivity index (χ1v) is 8.20. The molecule has 0 unspecified atom stereocenters. The van der Waals surface area contributed by atoms with E-state index in [4.69, 9.17) is 0 Å². The minimum absolute atomic E-state index is 0.164. The number of hydrogen-bond donors (Lipinski definition) is 2. The predicted octanol–water partition coefficient (Wildman–Crippen LogP) is 1.91. The van der Waals surface area contributed by atoms with Crippen molar-refractivity contribution in [2.75, 3.05) is 20.1 Å². The lowest BCUT2D eigenvalue weighted by Crippen LogP contribution is -2.45. The van der Waals surface area contributed by atoms with Gasteiger partial charge in [0.1, 0.15) is 0 Å². The number of likely N-dealkylation sites (tertiary alicyclic amines) is 1. The Morgan fingerprint density at radius 3 is 2.92 bits per heavy atom. The Morgan fingerprint density at radius 2 is 2.20 bits per heavy atom. The number of hydrogen-bond acceptors (Lipinski definition) is 3. The minimum Gasteiger partial charge on any atom is -0.336 e. The van der Waals surface area contributed by atoms with Crippen molar-refractivity contribution in [2.24, 2.45) is 0 Å². The summed E-state index contributed by atoms with van der Waals surface area (Å²) in [5.74, 6) is -1.74. The van der Waals surface area contributed by atoms with Gasteiger partial charge in [-0.15, -0.1) is 0 Å². The SMILES string of the molecule is CN1CC[C@H](NC(=O)NCCn2ccnc2)[C@@H]1c1ccc(F)c(F)c1. The third-order valence-electron chi connectivity index (χ3n) is 4.47. The highest BCUT2D eigenvalue weighted by atomic mass is 19.2. The molecule has 2 N–H and O–H groups in total. The van der Waals surface area contributed by atoms with Gasteiger partial charge in [-0.3, -0.25) is 4.90 Å². The third kappa shape index (κ3) is 4.14. The van der Waals surface area contributed by atoms with Gasteiger partial charge in [-0.05, 0) is 31.2 Å². The number of nitrogens with zero attached hydrogens (tertiary/aromatic N) is 3. The van der Waals surface area contributed by atoms with E-state index in [1.165, 1.54) is 6.07 Å². The van der Waals surface area contributed by atoms with Crippen LogP contribution in [0.5, 0.6) is 0 Å². The number of likely N-dealkylation sites (N-methyl/N-ethyl adjacent to an activating group) is 1. The standard InChI is InChI=1S/C17H21F2N5O/c1-23-7-4-15(16(23)12-2-3-13(18)14(19)10-12)22-17(25)21-6-9-24-8-5-20-11-24/h2-3,5,8,10-11,15-16H,4,6-7,9H2,1H3,(H2,21,22,25)/t15-,16-/m0/s1. The Labute approximate surface area is 144 Å². The Balaban J connectivity index is 1.58. The summed E-state index contributed by atoms with van der Waals surface area (Å²) >= 11 is 0. The predicted molar refractivity (Wildman–Crippen MR) is 88.9 cm³/mol. The highest BCUT2D eigenvalue weighted by Crippen LogP contribution is 2.31. The molecule has 2 atom stereocenters. The molecule has 0 bridgehead atoms. The number of rotatable bonds is 5. The van der Waals surface area contributed by atoms with Crippen molar-refractivity contribution in [1.82, 2.24) is 25.1 Å². The van der Waals surface area contributed by atoms with Crippen LogP contribution in [-0.4, -0.2) is 46.7 Å². The van der Waals surface area contributed by atoms with Gasteiger partial charge in [0, 0.05) is 32.0 Å². The van der Waals surface area contributed by atoms with Gasteiger partial charge in [0.25, 0.3) is 0 Å². The molecule has 1 aromatic heterocycles. The summed E-state index contributed by atoms with van der Waals surface area (Å²) < 4.78 is 28.6. The molecule has 2 heterocycles. The second-order valence-corrected chi connectivity index (χ2v) is 6.19. The van der Waals surface area contributed by atoms with Crippen LogP contribution in [0.25, 0.3) is 0 Å². The van der Waals surface area contributed by atoms with E-state index < -0.39 is 11.6 Å². The summed E-state index contributed by atoms with van der Waals surface area (Å²) in [5, 5.41) is 5.74. The molecule has 1 aromatic carbocycles. The maximum absolute atomic E-state index is 13.5. The van der Waals surface area contributed by atoms with Crippen LogP contribution in [0.4, 0.5) is 13.6 Å². The van der Waals surface area contributed by atoms with Crippen molar-refractivity contribution in [2.45, 2.75) is 25.0 Å². The zero-order chi connectivity index (χ0) is 17.8. The van der Waals surface area contributed by atoms with E-state index in [0.29, 0.717) is 18.7 Å². The average molecular weight is 349 g/mol. The summed E-state index contributed by atoms with van der Waals surface area (Å²) in [6, 6.07) is 3.27. The van der Waals surface area contributed by atoms with Gasteiger partial charge in [0.05, 0.1) is 18.4 Å². The highest BCUT2D eigenvalue weighted by molar-refractivity contribution is 5.74. The van der Waals surface area contributed by atoms with Crippen molar-refractivity contribution in [3.63, 3.8) is 0 Å². The van der Waals surface area contributed by atoms with Crippen LogP contribution in [0.3, 0.4) is 0 Å². The minimum atomic E-state index is -0.874. The second kappa shape index (κ2) is 7.60. The first-order chi connectivity index (χ1) is 12.0. The zero-order valence-electron chi connectivity index (χ0n) is 14.0. The lowest BCUT2D eigenvalue weighted by Gasteiger charge is -2.26. The van der Waals surface area contributed by atoms with Crippen LogP contribution in [0.2, 0.25) is 0 Å². The number of urea groups is 1. The molecule has 134 valence electrons. The fourth-order valence-electron chi connectivity index (χ4n) is 3.22. The van der Waals surface area contributed by atoms with Gasteiger partial charge in [-0.25, -0.2) is 18.6 Å². The maximum atomic E-state index is 13.5. The van der Waals surface area contributed by atoms with E-state index >= 15 is 0 Å². The number of aromatic nitrogens is 2. The van der Waals surface area contributed by atoms with Crippen LogP contribution in [-0.2, 0) is 6.54 Å². The number of imidazole rings is 1. The van der Waals surface area contributed by atoms with Crippen LogP contribution in [0.1, 0.15) is 18.0 Å². The van der Waals surface area contributed by atoms with Gasteiger partial charge in [0.2, 0.25) is 0 Å². The zero-order valence-corrected chi connectivity index (χ0v) is 14.0. The number of carbonyl (C=O) groups is 1. The van der Waals surface area contributed by atoms with E-state index in [1.807, 2.05) is 22.7 Å². The summed E-state index contributed by atoms with van der Waals surface area (Å²) in [7, 11) is 1.91. The Bertz CT molecular complexity index is 722. The van der Waals surface area contributed by atoms with Gasteiger partial charge >= 0.3 is 6.03 Å². The van der Waals surface area contributed by atoms with Crippen LogP contribution in [0, 0.1) is 11.6 Å².